The van der Waals surface area contributed by atoms with Crippen LogP contribution in [0.2, 0.25) is 0 Å². The molecule has 2 heterocycles. The minimum atomic E-state index is -0.934. The second kappa shape index (κ2) is 7.74. The second-order valence-corrected chi connectivity index (χ2v) is 5.32. The van der Waals surface area contributed by atoms with Gasteiger partial charge in [0.2, 0.25) is 11.8 Å². The first-order chi connectivity index (χ1) is 10.6. The molecular formula is C15H21N3O4. The normalized spacial score (nSPS) is 17.6. The molecule has 0 saturated carbocycles. The molecule has 0 aliphatic carbocycles. The van der Waals surface area contributed by atoms with Gasteiger partial charge in [0.05, 0.1) is 0 Å². The smallest absolute Gasteiger partial charge is 0.326 e. The molecule has 1 aliphatic rings. The highest BCUT2D eigenvalue weighted by atomic mass is 16.4. The monoisotopic (exact) mass is 307 g/mol. The highest BCUT2D eigenvalue weighted by Crippen LogP contribution is 2.18. The molecule has 0 spiro atoms. The van der Waals surface area contributed by atoms with Crippen LogP contribution in [0.5, 0.6) is 0 Å². The molecule has 0 bridgehead atoms. The van der Waals surface area contributed by atoms with Crippen molar-refractivity contribution in [1.29, 1.82) is 0 Å². The number of hydrogen-bond acceptors (Lipinski definition) is 4. The Labute approximate surface area is 128 Å². The molecule has 0 unspecified atom stereocenters. The third-order valence-corrected chi connectivity index (χ3v) is 3.78. The van der Waals surface area contributed by atoms with Crippen LogP contribution in [-0.4, -0.2) is 58.0 Å². The van der Waals surface area contributed by atoms with Crippen LogP contribution < -0.4 is 5.32 Å². The molecular weight excluding hydrogens is 286 g/mol. The number of carbonyl (C=O) groups is 3. The fraction of sp³-hybridized carbons (Fsp3) is 0.533. The van der Waals surface area contributed by atoms with Crippen LogP contribution in [0, 0.1) is 0 Å². The van der Waals surface area contributed by atoms with Gasteiger partial charge in [0.1, 0.15) is 6.04 Å². The Kier molecular flexibility index (Phi) is 5.71. The van der Waals surface area contributed by atoms with Crippen molar-refractivity contribution in [2.24, 2.45) is 0 Å². The van der Waals surface area contributed by atoms with Crippen LogP contribution in [0.4, 0.5) is 0 Å². The van der Waals surface area contributed by atoms with Gasteiger partial charge in [0.25, 0.3) is 0 Å². The zero-order valence-electron chi connectivity index (χ0n) is 12.4. The molecule has 120 valence electrons. The summed E-state index contributed by atoms with van der Waals surface area (Å²) < 4.78 is 1.52. The lowest BCUT2D eigenvalue weighted by atomic mass is 10.2. The average molecular weight is 307 g/mol. The quantitative estimate of drug-likeness (QED) is 0.719. The Morgan fingerprint density at radius 3 is 2.36 bits per heavy atom. The van der Waals surface area contributed by atoms with E-state index in [4.69, 9.17) is 5.11 Å². The minimum Gasteiger partial charge on any atom is -0.480 e. The van der Waals surface area contributed by atoms with Crippen molar-refractivity contribution >= 4 is 17.8 Å². The van der Waals surface area contributed by atoms with Crippen LogP contribution >= 0.6 is 0 Å². The SMILES string of the molecule is O=C(O)[C@H]1CCCN1C(=O)CCNCCC(=O)n1cccc1. The summed E-state index contributed by atoms with van der Waals surface area (Å²) in [5.74, 6) is -1.08. The average Bonchev–Trinajstić information content (AvgIpc) is 3.17. The maximum absolute atomic E-state index is 12.0. The van der Waals surface area contributed by atoms with Gasteiger partial charge in [-0.2, -0.15) is 0 Å². The number of aliphatic carboxylic acids is 1. The summed E-state index contributed by atoms with van der Waals surface area (Å²) in [5.41, 5.74) is 0. The van der Waals surface area contributed by atoms with Crippen molar-refractivity contribution in [3.8, 4) is 0 Å². The number of rotatable bonds is 7. The Hall–Kier alpha value is -2.15. The molecule has 22 heavy (non-hydrogen) atoms. The number of carbonyl (C=O) groups excluding carboxylic acids is 2. The van der Waals surface area contributed by atoms with E-state index >= 15 is 0 Å². The van der Waals surface area contributed by atoms with E-state index in [1.807, 2.05) is 0 Å². The summed E-state index contributed by atoms with van der Waals surface area (Å²) in [4.78, 5) is 36.2. The number of nitrogens with one attached hydrogen (secondary N) is 1. The lowest BCUT2D eigenvalue weighted by Crippen LogP contribution is -2.41. The summed E-state index contributed by atoms with van der Waals surface area (Å²) in [6, 6.07) is 2.90. The molecule has 0 radical (unpaired) electrons. The van der Waals surface area contributed by atoms with E-state index in [-0.39, 0.29) is 18.2 Å². The first-order valence-corrected chi connectivity index (χ1v) is 7.49. The fourth-order valence-electron chi connectivity index (χ4n) is 2.61. The van der Waals surface area contributed by atoms with E-state index in [1.54, 1.807) is 24.5 Å². The van der Waals surface area contributed by atoms with E-state index in [9.17, 15) is 14.4 Å². The van der Waals surface area contributed by atoms with Crippen LogP contribution in [-0.2, 0) is 9.59 Å². The Morgan fingerprint density at radius 2 is 1.73 bits per heavy atom. The zero-order valence-corrected chi connectivity index (χ0v) is 12.4. The standard InChI is InChI=1S/C15H21N3O4/c19-13(17-9-1-2-10-17)5-7-16-8-6-14(20)18-11-3-4-12(18)15(21)22/h1-2,9-10,12,16H,3-8,11H2,(H,21,22)/t12-/m1/s1. The molecule has 1 aliphatic heterocycles. The number of amides is 1. The van der Waals surface area contributed by atoms with E-state index in [2.05, 4.69) is 5.32 Å². The topological polar surface area (TPSA) is 91.6 Å². The largest absolute Gasteiger partial charge is 0.480 e. The maximum atomic E-state index is 12.0. The van der Waals surface area contributed by atoms with Gasteiger partial charge in [-0.25, -0.2) is 4.79 Å². The molecule has 1 saturated heterocycles. The predicted molar refractivity (Wildman–Crippen MR) is 79.5 cm³/mol. The Morgan fingerprint density at radius 1 is 1.09 bits per heavy atom. The summed E-state index contributed by atoms with van der Waals surface area (Å²) in [6.07, 6.45) is 5.27. The van der Waals surface area contributed by atoms with Gasteiger partial charge in [0, 0.05) is 44.9 Å². The van der Waals surface area contributed by atoms with Gasteiger partial charge in [-0.3, -0.25) is 14.2 Å². The molecule has 1 aromatic rings. The lowest BCUT2D eigenvalue weighted by molar-refractivity contribution is -0.148. The van der Waals surface area contributed by atoms with Gasteiger partial charge in [0.15, 0.2) is 0 Å². The Bertz CT molecular complexity index is 527. The predicted octanol–water partition coefficient (Wildman–Crippen LogP) is 0.574. The third kappa shape index (κ3) is 4.17. The summed E-state index contributed by atoms with van der Waals surface area (Å²) in [6.45, 7) is 1.45. The molecule has 0 aromatic carbocycles. The van der Waals surface area contributed by atoms with Crippen LogP contribution in [0.25, 0.3) is 0 Å². The molecule has 1 amide bonds. The number of carboxylic acid groups (broad SMARTS) is 1. The first-order valence-electron chi connectivity index (χ1n) is 7.49. The van der Waals surface area contributed by atoms with Crippen LogP contribution in [0.1, 0.15) is 30.5 Å². The number of carboxylic acids is 1. The molecule has 2 rings (SSSR count). The first kappa shape index (κ1) is 16.2. The second-order valence-electron chi connectivity index (χ2n) is 5.32. The van der Waals surface area contributed by atoms with Crippen LogP contribution in [0.15, 0.2) is 24.5 Å². The van der Waals surface area contributed by atoms with Gasteiger partial charge >= 0.3 is 5.97 Å². The van der Waals surface area contributed by atoms with Crippen molar-refractivity contribution in [3.63, 3.8) is 0 Å². The van der Waals surface area contributed by atoms with Gasteiger partial charge < -0.3 is 15.3 Å². The van der Waals surface area contributed by atoms with Gasteiger partial charge in [-0.15, -0.1) is 0 Å². The highest BCUT2D eigenvalue weighted by molar-refractivity contribution is 5.84. The molecule has 1 aromatic heterocycles. The maximum Gasteiger partial charge on any atom is 0.326 e. The number of likely N-dealkylation sites (tertiary alicyclic amines) is 1. The summed E-state index contributed by atoms with van der Waals surface area (Å²) in [7, 11) is 0. The van der Waals surface area contributed by atoms with Gasteiger partial charge in [-0.1, -0.05) is 0 Å². The molecule has 1 atom stereocenters. The third-order valence-electron chi connectivity index (χ3n) is 3.78. The molecule has 7 nitrogen and oxygen atoms in total. The fourth-order valence-corrected chi connectivity index (χ4v) is 2.61. The lowest BCUT2D eigenvalue weighted by Gasteiger charge is -2.21. The van der Waals surface area contributed by atoms with Crippen molar-refractivity contribution < 1.29 is 19.5 Å². The van der Waals surface area contributed by atoms with E-state index in [1.165, 1.54) is 9.47 Å². The van der Waals surface area contributed by atoms with E-state index in [0.717, 1.165) is 6.42 Å². The summed E-state index contributed by atoms with van der Waals surface area (Å²) >= 11 is 0. The van der Waals surface area contributed by atoms with Crippen molar-refractivity contribution in [3.05, 3.63) is 24.5 Å². The van der Waals surface area contributed by atoms with Crippen molar-refractivity contribution in [2.45, 2.75) is 31.7 Å². The minimum absolute atomic E-state index is 0.00527. The van der Waals surface area contributed by atoms with Crippen molar-refractivity contribution in [1.82, 2.24) is 14.8 Å². The van der Waals surface area contributed by atoms with Crippen molar-refractivity contribution in [2.75, 3.05) is 19.6 Å². The number of hydrogen-bond donors (Lipinski definition) is 2. The van der Waals surface area contributed by atoms with Gasteiger partial charge in [-0.05, 0) is 25.0 Å². The number of nitrogens with zero attached hydrogens (tertiary/aromatic N) is 2. The van der Waals surface area contributed by atoms with E-state index in [0.29, 0.717) is 32.5 Å². The summed E-state index contributed by atoms with van der Waals surface area (Å²) in [5, 5.41) is 12.1. The van der Waals surface area contributed by atoms with E-state index < -0.39 is 12.0 Å². The Balaban J connectivity index is 1.63. The number of aromatic nitrogens is 1. The molecule has 1 fully saturated rings. The van der Waals surface area contributed by atoms with Crippen LogP contribution in [0.3, 0.4) is 0 Å². The molecule has 7 heteroatoms. The molecule has 2 N–H and O–H groups in total. The highest BCUT2D eigenvalue weighted by Gasteiger charge is 2.33. The zero-order chi connectivity index (χ0) is 15.9.